The van der Waals surface area contributed by atoms with Crippen LogP contribution in [0.25, 0.3) is 22.2 Å². The van der Waals surface area contributed by atoms with Gasteiger partial charge in [-0.2, -0.15) is 0 Å². The Bertz CT molecular complexity index is 2030. The standard InChI is InChI=1S/C12H13N.C11H14N2.C9H12N4.C9H17N2O/c1-9(2)10-7-8-13-12-6-4-3-5-11(10)12;1-8(2)10-7-13-5-4-12-11(13)6-9(10)3;1-6(2)8-5-13-9(4-7(8)3)10-11-12-13;1-6(2)9-7(3)11(4)10-8(9)5-12/h3-9H,1-2H3;4-8H,1-3H3;4-6H,1-3H3;6,9,12H,5H2,1-4H3/q;;;+1. The number of aromatic nitrogens is 7. The summed E-state index contributed by atoms with van der Waals surface area (Å²) in [6.07, 6.45) is 9.87. The molecule has 1 atom stereocenters. The number of pyridine rings is 3. The molecular formula is C41H56N9O+. The van der Waals surface area contributed by atoms with Crippen LogP contribution in [0.5, 0.6) is 0 Å². The molecule has 0 bridgehead atoms. The van der Waals surface area contributed by atoms with Crippen molar-refractivity contribution in [3.05, 3.63) is 101 Å². The highest BCUT2D eigenvalue weighted by molar-refractivity contribution is 6.07. The maximum Gasteiger partial charge on any atom is 0.191 e. The quantitative estimate of drug-likeness (QED) is 0.182. The van der Waals surface area contributed by atoms with E-state index < -0.39 is 0 Å². The topological polar surface area (TPSA) is 109 Å². The number of para-hydroxylation sites is 1. The van der Waals surface area contributed by atoms with Gasteiger partial charge in [-0.1, -0.05) is 78.3 Å². The highest BCUT2D eigenvalue weighted by atomic mass is 16.3. The summed E-state index contributed by atoms with van der Waals surface area (Å²) in [7, 11) is 1.92. The first kappa shape index (κ1) is 39.0. The van der Waals surface area contributed by atoms with Gasteiger partial charge in [0.15, 0.2) is 18.4 Å². The van der Waals surface area contributed by atoms with Crippen molar-refractivity contribution in [1.82, 2.24) is 34.4 Å². The first-order chi connectivity index (χ1) is 24.2. The molecule has 1 unspecified atom stereocenters. The molecule has 1 aromatic carbocycles. The fourth-order valence-corrected chi connectivity index (χ4v) is 6.58. The minimum Gasteiger partial charge on any atom is -0.390 e. The van der Waals surface area contributed by atoms with E-state index in [0.29, 0.717) is 29.6 Å². The number of benzene rings is 1. The van der Waals surface area contributed by atoms with Gasteiger partial charge >= 0.3 is 0 Å². The molecule has 10 heteroatoms. The van der Waals surface area contributed by atoms with Gasteiger partial charge in [-0.3, -0.25) is 4.98 Å². The van der Waals surface area contributed by atoms with Gasteiger partial charge in [0.25, 0.3) is 0 Å². The van der Waals surface area contributed by atoms with Crippen LogP contribution in [0.15, 0.2) is 78.6 Å². The fraction of sp³-hybridized carbons (Fsp3) is 0.439. The maximum absolute atomic E-state index is 9.05. The van der Waals surface area contributed by atoms with E-state index in [1.165, 1.54) is 38.9 Å². The fourth-order valence-electron chi connectivity index (χ4n) is 6.58. The number of aryl methyl sites for hydroxylation is 2. The first-order valence-corrected chi connectivity index (χ1v) is 17.9. The van der Waals surface area contributed by atoms with Crippen LogP contribution >= 0.6 is 0 Å². The monoisotopic (exact) mass is 690 g/mol. The summed E-state index contributed by atoms with van der Waals surface area (Å²) in [6.45, 7) is 23.9. The lowest BCUT2D eigenvalue weighted by Gasteiger charge is -2.11. The Morgan fingerprint density at radius 2 is 1.39 bits per heavy atom. The molecule has 6 aromatic rings. The summed E-state index contributed by atoms with van der Waals surface area (Å²) in [5.74, 6) is 2.49. The molecule has 270 valence electrons. The predicted octanol–water partition coefficient (Wildman–Crippen LogP) is 8.40. The number of hydrogen-bond donors (Lipinski definition) is 1. The van der Waals surface area contributed by atoms with Gasteiger partial charge in [-0.15, -0.1) is 5.10 Å². The molecule has 0 spiro atoms. The number of aliphatic hydroxyl groups is 1. The third-order valence-corrected chi connectivity index (χ3v) is 9.33. The van der Waals surface area contributed by atoms with Gasteiger partial charge in [0.1, 0.15) is 11.4 Å². The molecule has 0 aliphatic carbocycles. The normalized spacial score (nSPS) is 14.2. The zero-order chi connectivity index (χ0) is 37.4. The maximum atomic E-state index is 9.05. The van der Waals surface area contributed by atoms with Crippen molar-refractivity contribution in [2.24, 2.45) is 16.9 Å². The number of imidazole rings is 1. The van der Waals surface area contributed by atoms with Crippen LogP contribution in [0, 0.1) is 25.7 Å². The van der Waals surface area contributed by atoms with Crippen LogP contribution in [0.1, 0.15) is 108 Å². The lowest BCUT2D eigenvalue weighted by Crippen LogP contribution is -2.27. The molecule has 0 amide bonds. The number of nitrogens with zero attached hydrogens (tertiary/aromatic N) is 9. The van der Waals surface area contributed by atoms with Crippen molar-refractivity contribution in [1.29, 1.82) is 0 Å². The highest BCUT2D eigenvalue weighted by Gasteiger charge is 2.34. The molecule has 51 heavy (non-hydrogen) atoms. The molecular weight excluding hydrogens is 635 g/mol. The summed E-state index contributed by atoms with van der Waals surface area (Å²) in [5.41, 5.74) is 11.7. The second-order valence-corrected chi connectivity index (χ2v) is 14.5. The summed E-state index contributed by atoms with van der Waals surface area (Å²) in [4.78, 5) is 8.57. The number of rotatable bonds is 5. The minimum atomic E-state index is 0.0739. The third-order valence-electron chi connectivity index (χ3n) is 9.33. The number of fused-ring (bicyclic) bond motifs is 3. The van der Waals surface area contributed by atoms with Crippen LogP contribution in [0.4, 0.5) is 0 Å². The van der Waals surface area contributed by atoms with Crippen LogP contribution in [0.3, 0.4) is 0 Å². The van der Waals surface area contributed by atoms with Gasteiger partial charge in [-0.25, -0.2) is 9.50 Å². The van der Waals surface area contributed by atoms with Gasteiger partial charge in [0, 0.05) is 43.3 Å². The number of aliphatic hydroxyl groups excluding tert-OH is 1. The summed E-state index contributed by atoms with van der Waals surface area (Å²) in [6, 6.07) is 14.5. The lowest BCUT2D eigenvalue weighted by atomic mass is 9.88. The smallest absolute Gasteiger partial charge is 0.191 e. The molecule has 1 N–H and O–H groups in total. The number of hydrazone groups is 1. The lowest BCUT2D eigenvalue weighted by molar-refractivity contribution is -0.500. The van der Waals surface area contributed by atoms with Crippen molar-refractivity contribution >= 4 is 33.6 Å². The molecule has 0 saturated carbocycles. The van der Waals surface area contributed by atoms with Gasteiger partial charge in [0.2, 0.25) is 0 Å². The molecule has 6 heterocycles. The van der Waals surface area contributed by atoms with Crippen molar-refractivity contribution < 1.29 is 9.79 Å². The van der Waals surface area contributed by atoms with Crippen LogP contribution in [-0.2, 0) is 0 Å². The highest BCUT2D eigenvalue weighted by Crippen LogP contribution is 2.24. The largest absolute Gasteiger partial charge is 0.390 e. The van der Waals surface area contributed by atoms with Crippen molar-refractivity contribution in [2.75, 3.05) is 13.7 Å². The van der Waals surface area contributed by atoms with Crippen LogP contribution in [0.2, 0.25) is 0 Å². The van der Waals surface area contributed by atoms with E-state index in [9.17, 15) is 0 Å². The van der Waals surface area contributed by atoms with Crippen molar-refractivity contribution in [3.63, 3.8) is 0 Å². The Morgan fingerprint density at radius 1 is 0.765 bits per heavy atom. The minimum absolute atomic E-state index is 0.0739. The van der Waals surface area contributed by atoms with Gasteiger partial charge in [-0.05, 0) is 105 Å². The Kier molecular flexibility index (Phi) is 13.3. The molecule has 0 radical (unpaired) electrons. The second kappa shape index (κ2) is 17.4. The molecule has 10 nitrogen and oxygen atoms in total. The van der Waals surface area contributed by atoms with E-state index in [2.05, 4.69) is 148 Å². The Hall–Kier alpha value is -4.83. The van der Waals surface area contributed by atoms with Crippen molar-refractivity contribution in [3.8, 4) is 0 Å². The third kappa shape index (κ3) is 9.49. The van der Waals surface area contributed by atoms with E-state index in [-0.39, 0.29) is 6.61 Å². The zero-order valence-electron chi connectivity index (χ0n) is 32.5. The zero-order valence-corrected chi connectivity index (χ0v) is 32.5. The van der Waals surface area contributed by atoms with Gasteiger partial charge in [0.05, 0.1) is 18.0 Å². The molecule has 7 rings (SSSR count). The van der Waals surface area contributed by atoms with E-state index in [4.69, 9.17) is 5.11 Å². The van der Waals surface area contributed by atoms with Crippen LogP contribution < -0.4 is 0 Å². The van der Waals surface area contributed by atoms with E-state index in [1.54, 1.807) is 4.52 Å². The second-order valence-electron chi connectivity index (χ2n) is 14.5. The summed E-state index contributed by atoms with van der Waals surface area (Å²) in [5, 5.41) is 25.9. The molecule has 1 aliphatic rings. The molecule has 5 aromatic heterocycles. The predicted molar refractivity (Wildman–Crippen MR) is 209 cm³/mol. The first-order valence-electron chi connectivity index (χ1n) is 17.9. The molecule has 1 aliphatic heterocycles. The van der Waals surface area contributed by atoms with Gasteiger partial charge < -0.3 is 9.51 Å². The molecule has 0 fully saturated rings. The summed E-state index contributed by atoms with van der Waals surface area (Å²) < 4.78 is 5.64. The van der Waals surface area contributed by atoms with E-state index >= 15 is 0 Å². The number of hydrogen-bond acceptors (Lipinski definition) is 7. The number of tetrazole rings is 1. The van der Waals surface area contributed by atoms with Crippen LogP contribution in [-0.4, -0.2) is 69.3 Å². The average Bonchev–Trinajstić information content (AvgIpc) is 3.82. The Balaban J connectivity index is 0.000000153. The van der Waals surface area contributed by atoms with Crippen molar-refractivity contribution in [2.45, 2.75) is 93.9 Å². The van der Waals surface area contributed by atoms with E-state index in [1.807, 2.05) is 48.7 Å². The Labute approximate surface area is 303 Å². The van der Waals surface area contributed by atoms with E-state index in [0.717, 1.165) is 22.5 Å². The average molecular weight is 691 g/mol. The Morgan fingerprint density at radius 3 is 2.00 bits per heavy atom. The summed E-state index contributed by atoms with van der Waals surface area (Å²) >= 11 is 0. The molecule has 0 saturated heterocycles. The SMILES string of the molecule is CC(C)c1ccnc2ccccc12.CC1=[N+](C)N=C(CO)C1C(C)C.Cc1cc2nccn2cc1C(C)C.Cc1cc2nnnn2cc1C(C)C.